The van der Waals surface area contributed by atoms with Crippen LogP contribution in [0.2, 0.25) is 0 Å². The van der Waals surface area contributed by atoms with Gasteiger partial charge in [0.15, 0.2) is 0 Å². The summed E-state index contributed by atoms with van der Waals surface area (Å²) in [7, 11) is 0. The van der Waals surface area contributed by atoms with Crippen LogP contribution in [0, 0.1) is 11.3 Å². The molecule has 2 nitrogen and oxygen atoms in total. The second-order valence-corrected chi connectivity index (χ2v) is 3.44. The summed E-state index contributed by atoms with van der Waals surface area (Å²) >= 11 is 0. The second kappa shape index (κ2) is 2.26. The summed E-state index contributed by atoms with van der Waals surface area (Å²) in [5, 5.41) is 7.55. The molecule has 1 saturated heterocycles. The number of nitrogens with zero attached hydrogens (tertiary/aromatic N) is 1. The molecule has 0 aromatic rings. The number of nitrogens with one attached hydrogen (secondary N) is 1. The molecule has 1 saturated carbocycles. The summed E-state index contributed by atoms with van der Waals surface area (Å²) < 4.78 is 0. The molecule has 2 rings (SSSR count). The van der Waals surface area contributed by atoms with Crippen LogP contribution in [0.25, 0.3) is 0 Å². The van der Waals surface area contributed by atoms with E-state index < -0.39 is 0 Å². The van der Waals surface area contributed by atoms with Gasteiger partial charge in [0.25, 0.3) is 0 Å². The van der Waals surface area contributed by atoms with E-state index in [9.17, 15) is 0 Å². The lowest BCUT2D eigenvalue weighted by Gasteiger charge is -2.16. The maximum atomic E-state index is 7.55. The van der Waals surface area contributed by atoms with Crippen molar-refractivity contribution in [3.05, 3.63) is 0 Å². The monoisotopic (exact) mass is 138 g/mol. The third-order valence-electron chi connectivity index (χ3n) is 2.40. The summed E-state index contributed by atoms with van der Waals surface area (Å²) in [5.41, 5.74) is 0. The molecule has 2 aliphatic rings. The molecule has 10 heavy (non-hydrogen) atoms. The van der Waals surface area contributed by atoms with Crippen LogP contribution in [-0.2, 0) is 0 Å². The summed E-state index contributed by atoms with van der Waals surface area (Å²) in [5.74, 6) is 1.82. The highest BCUT2D eigenvalue weighted by Gasteiger charge is 2.27. The van der Waals surface area contributed by atoms with Crippen molar-refractivity contribution in [2.24, 2.45) is 5.92 Å². The number of rotatable bonds is 2. The minimum absolute atomic E-state index is 0.881. The molecule has 0 spiro atoms. The van der Waals surface area contributed by atoms with Crippen molar-refractivity contribution < 1.29 is 0 Å². The van der Waals surface area contributed by atoms with Gasteiger partial charge < -0.3 is 4.90 Å². The quantitative estimate of drug-likeness (QED) is 0.614. The van der Waals surface area contributed by atoms with Gasteiger partial charge in [-0.1, -0.05) is 0 Å². The molecule has 56 valence electrons. The fourth-order valence-electron chi connectivity index (χ4n) is 1.54. The Hall–Kier alpha value is -0.530. The highest BCUT2D eigenvalue weighted by Crippen LogP contribution is 2.30. The Morgan fingerprint density at radius 1 is 1.50 bits per heavy atom. The molecule has 1 aliphatic carbocycles. The van der Waals surface area contributed by atoms with Crippen molar-refractivity contribution in [2.45, 2.75) is 25.7 Å². The van der Waals surface area contributed by atoms with Crippen LogP contribution < -0.4 is 0 Å². The van der Waals surface area contributed by atoms with Crippen LogP contribution >= 0.6 is 0 Å². The molecular weight excluding hydrogens is 124 g/mol. The van der Waals surface area contributed by atoms with Gasteiger partial charge in [-0.15, -0.1) is 0 Å². The van der Waals surface area contributed by atoms with E-state index in [0.717, 1.165) is 24.7 Å². The first-order valence-corrected chi connectivity index (χ1v) is 4.18. The Labute approximate surface area is 61.7 Å². The molecule has 2 heteroatoms. The van der Waals surface area contributed by atoms with E-state index in [1.54, 1.807) is 0 Å². The average molecular weight is 138 g/mol. The molecule has 1 N–H and O–H groups in total. The van der Waals surface area contributed by atoms with E-state index in [4.69, 9.17) is 5.41 Å². The molecule has 0 radical (unpaired) electrons. The van der Waals surface area contributed by atoms with Crippen LogP contribution in [-0.4, -0.2) is 23.8 Å². The minimum atomic E-state index is 0.881. The summed E-state index contributed by atoms with van der Waals surface area (Å²) in [6.45, 7) is 2.33. The first-order chi connectivity index (χ1) is 4.86. The molecule has 1 aliphatic heterocycles. The Morgan fingerprint density at radius 3 is 2.80 bits per heavy atom. The van der Waals surface area contributed by atoms with E-state index in [2.05, 4.69) is 4.90 Å². The lowest BCUT2D eigenvalue weighted by atomic mass is 10.4. The largest absolute Gasteiger partial charge is 0.360 e. The van der Waals surface area contributed by atoms with Crippen molar-refractivity contribution in [3.8, 4) is 0 Å². The van der Waals surface area contributed by atoms with Gasteiger partial charge in [0, 0.05) is 19.5 Å². The van der Waals surface area contributed by atoms with Crippen LogP contribution in [0.3, 0.4) is 0 Å². The summed E-state index contributed by atoms with van der Waals surface area (Å²) in [4.78, 5) is 2.25. The summed E-state index contributed by atoms with van der Waals surface area (Å²) in [6.07, 6.45) is 5.05. The van der Waals surface area contributed by atoms with Crippen molar-refractivity contribution in [3.63, 3.8) is 0 Å². The fourth-order valence-corrected chi connectivity index (χ4v) is 1.54. The number of amidine groups is 1. The maximum absolute atomic E-state index is 7.55. The molecule has 0 amide bonds. The first kappa shape index (κ1) is 6.20. The normalized spacial score (nSPS) is 26.0. The van der Waals surface area contributed by atoms with E-state index in [-0.39, 0.29) is 0 Å². The van der Waals surface area contributed by atoms with Gasteiger partial charge in [-0.2, -0.15) is 0 Å². The predicted molar refractivity (Wildman–Crippen MR) is 41.3 cm³/mol. The van der Waals surface area contributed by atoms with Crippen LogP contribution in [0.1, 0.15) is 25.7 Å². The first-order valence-electron chi connectivity index (χ1n) is 4.18. The Balaban J connectivity index is 1.84. The number of likely N-dealkylation sites (tertiary alicyclic amines) is 1. The van der Waals surface area contributed by atoms with Gasteiger partial charge in [-0.05, 0) is 25.2 Å². The molecule has 0 bridgehead atoms. The average Bonchev–Trinajstić information content (AvgIpc) is 2.62. The Morgan fingerprint density at radius 2 is 2.30 bits per heavy atom. The molecular formula is C8H14N2. The third-order valence-corrected chi connectivity index (χ3v) is 2.40. The van der Waals surface area contributed by atoms with E-state index in [1.165, 1.54) is 25.8 Å². The zero-order valence-corrected chi connectivity index (χ0v) is 6.27. The van der Waals surface area contributed by atoms with E-state index in [0.29, 0.717) is 0 Å². The SMILES string of the molecule is N=C1CCCN1CC1CC1. The third kappa shape index (κ3) is 1.15. The molecule has 0 aromatic heterocycles. The van der Waals surface area contributed by atoms with Gasteiger partial charge >= 0.3 is 0 Å². The number of hydrogen-bond donors (Lipinski definition) is 1. The smallest absolute Gasteiger partial charge is 0.0958 e. The predicted octanol–water partition coefficient (Wildman–Crippen LogP) is 1.47. The second-order valence-electron chi connectivity index (χ2n) is 3.44. The van der Waals surface area contributed by atoms with Crippen LogP contribution in [0.4, 0.5) is 0 Å². The van der Waals surface area contributed by atoms with Gasteiger partial charge in [-0.3, -0.25) is 5.41 Å². The van der Waals surface area contributed by atoms with Gasteiger partial charge in [0.05, 0.1) is 5.84 Å². The topological polar surface area (TPSA) is 27.1 Å². The van der Waals surface area contributed by atoms with Crippen molar-refractivity contribution in [1.82, 2.24) is 4.90 Å². The molecule has 0 aromatic carbocycles. The highest BCUT2D eigenvalue weighted by atomic mass is 15.2. The van der Waals surface area contributed by atoms with Crippen molar-refractivity contribution >= 4 is 5.84 Å². The zero-order valence-electron chi connectivity index (χ0n) is 6.27. The van der Waals surface area contributed by atoms with Crippen LogP contribution in [0.5, 0.6) is 0 Å². The lowest BCUT2D eigenvalue weighted by Crippen LogP contribution is -2.26. The van der Waals surface area contributed by atoms with Crippen LogP contribution in [0.15, 0.2) is 0 Å². The number of hydrogen-bond acceptors (Lipinski definition) is 1. The van der Waals surface area contributed by atoms with Gasteiger partial charge in [0.2, 0.25) is 0 Å². The molecule has 2 fully saturated rings. The Bertz CT molecular complexity index is 149. The Kier molecular flexibility index (Phi) is 1.40. The minimum Gasteiger partial charge on any atom is -0.360 e. The fraction of sp³-hybridized carbons (Fsp3) is 0.875. The zero-order chi connectivity index (χ0) is 6.97. The van der Waals surface area contributed by atoms with Crippen molar-refractivity contribution in [1.29, 1.82) is 5.41 Å². The van der Waals surface area contributed by atoms with Gasteiger partial charge in [0.1, 0.15) is 0 Å². The highest BCUT2D eigenvalue weighted by molar-refractivity contribution is 5.80. The van der Waals surface area contributed by atoms with Crippen molar-refractivity contribution in [2.75, 3.05) is 13.1 Å². The molecule has 0 unspecified atom stereocenters. The summed E-state index contributed by atoms with van der Waals surface area (Å²) in [6, 6.07) is 0. The molecule has 1 heterocycles. The van der Waals surface area contributed by atoms with E-state index in [1.807, 2.05) is 0 Å². The maximum Gasteiger partial charge on any atom is 0.0958 e. The lowest BCUT2D eigenvalue weighted by molar-refractivity contribution is 0.429. The standard InChI is InChI=1S/C8H14N2/c9-8-2-1-5-10(8)6-7-3-4-7/h7,9H,1-6H2. The molecule has 0 atom stereocenters. The van der Waals surface area contributed by atoms with E-state index >= 15 is 0 Å². The van der Waals surface area contributed by atoms with Gasteiger partial charge in [-0.25, -0.2) is 0 Å².